The van der Waals surface area contributed by atoms with Gasteiger partial charge in [0.25, 0.3) is 21.6 Å². The second-order valence-corrected chi connectivity index (χ2v) is 7.36. The second-order valence-electron chi connectivity index (χ2n) is 5.27. The predicted octanol–water partition coefficient (Wildman–Crippen LogP) is 2.76. The topological polar surface area (TPSA) is 132 Å². The number of para-hydroxylation sites is 1. The van der Waals surface area contributed by atoms with Crippen LogP contribution in [0.1, 0.15) is 21.5 Å². The number of nitrogens with zero attached hydrogens (tertiary/aromatic N) is 1. The van der Waals surface area contributed by atoms with Crippen LogP contribution in [0.3, 0.4) is 0 Å². The third-order valence-electron chi connectivity index (χ3n) is 3.57. The first kappa shape index (κ1) is 18.7. The lowest BCUT2D eigenvalue weighted by molar-refractivity contribution is -0.385. The maximum absolute atomic E-state index is 12.6. The number of hydrogen-bond acceptors (Lipinski definition) is 5. The van der Waals surface area contributed by atoms with Crippen LogP contribution in [0.25, 0.3) is 0 Å². The van der Waals surface area contributed by atoms with Gasteiger partial charge in [0.05, 0.1) is 26.1 Å². The van der Waals surface area contributed by atoms with E-state index in [1.54, 1.807) is 19.1 Å². The average molecular weight is 384 g/mol. The maximum Gasteiger partial charge on any atom is 0.275 e. The van der Waals surface area contributed by atoms with Gasteiger partial charge in [0.2, 0.25) is 0 Å². The van der Waals surface area contributed by atoms with E-state index in [4.69, 9.17) is 17.3 Å². The molecule has 25 heavy (non-hydrogen) atoms. The van der Waals surface area contributed by atoms with Crippen LogP contribution in [0.5, 0.6) is 0 Å². The van der Waals surface area contributed by atoms with Gasteiger partial charge in [-0.1, -0.05) is 23.7 Å². The van der Waals surface area contributed by atoms with Crippen molar-refractivity contribution >= 4 is 38.9 Å². The van der Waals surface area contributed by atoms with Gasteiger partial charge in [-0.25, -0.2) is 8.42 Å². The smallest absolute Gasteiger partial charge is 0.275 e. The van der Waals surface area contributed by atoms with E-state index in [2.05, 4.69) is 4.72 Å². The molecule has 0 aromatic heterocycles. The van der Waals surface area contributed by atoms with Crippen molar-refractivity contribution in [2.75, 3.05) is 4.72 Å². The zero-order valence-corrected chi connectivity index (χ0v) is 14.8. The van der Waals surface area contributed by atoms with E-state index in [1.165, 1.54) is 13.0 Å². The third-order valence-corrected chi connectivity index (χ3v) is 5.29. The van der Waals surface area contributed by atoms with Gasteiger partial charge in [0, 0.05) is 11.6 Å². The number of anilines is 1. The van der Waals surface area contributed by atoms with Crippen LogP contribution >= 0.6 is 11.6 Å². The second kappa shape index (κ2) is 6.69. The molecule has 2 rings (SSSR count). The van der Waals surface area contributed by atoms with Crippen molar-refractivity contribution in [1.29, 1.82) is 0 Å². The summed E-state index contributed by atoms with van der Waals surface area (Å²) in [5, 5.41) is 11.0. The highest BCUT2D eigenvalue weighted by Gasteiger charge is 2.24. The summed E-state index contributed by atoms with van der Waals surface area (Å²) in [6, 6.07) is 6.54. The molecule has 0 heterocycles. The lowest BCUT2D eigenvalue weighted by Crippen LogP contribution is -2.19. The van der Waals surface area contributed by atoms with Gasteiger partial charge in [-0.3, -0.25) is 19.6 Å². The number of halogens is 1. The molecule has 0 atom stereocenters. The summed E-state index contributed by atoms with van der Waals surface area (Å²) in [4.78, 5) is 21.5. The Morgan fingerprint density at radius 3 is 2.48 bits per heavy atom. The highest BCUT2D eigenvalue weighted by molar-refractivity contribution is 7.92. The number of nitrogens with one attached hydrogen (secondary N) is 1. The number of primary amides is 1. The fourth-order valence-electron chi connectivity index (χ4n) is 2.19. The van der Waals surface area contributed by atoms with Gasteiger partial charge in [0.1, 0.15) is 0 Å². The zero-order valence-electron chi connectivity index (χ0n) is 13.2. The van der Waals surface area contributed by atoms with Crippen molar-refractivity contribution in [3.8, 4) is 0 Å². The van der Waals surface area contributed by atoms with Crippen molar-refractivity contribution in [1.82, 2.24) is 0 Å². The predicted molar refractivity (Wildman–Crippen MR) is 93.3 cm³/mol. The number of carbonyl (C=O) groups excluding carboxylic acids is 1. The average Bonchev–Trinajstić information content (AvgIpc) is 2.50. The van der Waals surface area contributed by atoms with Crippen LogP contribution in [0, 0.1) is 24.0 Å². The molecule has 1 amide bonds. The van der Waals surface area contributed by atoms with E-state index < -0.39 is 31.4 Å². The summed E-state index contributed by atoms with van der Waals surface area (Å²) in [6.45, 7) is 3.01. The first-order valence-electron chi connectivity index (χ1n) is 6.91. The SMILES string of the molecule is Cc1cccc(C(N)=O)c1NS(=O)(=O)c1cc(Cl)c(C)c([N+](=O)[O-])c1. The number of benzene rings is 2. The molecule has 0 saturated carbocycles. The van der Waals surface area contributed by atoms with Crippen LogP contribution < -0.4 is 10.5 Å². The van der Waals surface area contributed by atoms with E-state index in [-0.39, 0.29) is 21.8 Å². The van der Waals surface area contributed by atoms with E-state index in [0.29, 0.717) is 5.56 Å². The minimum Gasteiger partial charge on any atom is -0.366 e. The molecule has 0 aliphatic carbocycles. The van der Waals surface area contributed by atoms with Gasteiger partial charge in [0.15, 0.2) is 0 Å². The molecule has 2 aromatic rings. The first-order valence-corrected chi connectivity index (χ1v) is 8.77. The molecule has 3 N–H and O–H groups in total. The summed E-state index contributed by atoms with van der Waals surface area (Å²) < 4.78 is 27.5. The van der Waals surface area contributed by atoms with Crippen LogP contribution in [0.2, 0.25) is 5.02 Å². The van der Waals surface area contributed by atoms with E-state index in [0.717, 1.165) is 12.1 Å². The van der Waals surface area contributed by atoms with Crippen molar-refractivity contribution in [3.63, 3.8) is 0 Å². The van der Waals surface area contributed by atoms with E-state index >= 15 is 0 Å². The fourth-order valence-corrected chi connectivity index (χ4v) is 3.66. The molecular formula is C15H14ClN3O5S. The first-order chi connectivity index (χ1) is 11.5. The molecule has 0 aliphatic heterocycles. The molecule has 8 nitrogen and oxygen atoms in total. The van der Waals surface area contributed by atoms with Gasteiger partial charge < -0.3 is 5.73 Å². The van der Waals surface area contributed by atoms with Crippen LogP contribution in [-0.2, 0) is 10.0 Å². The Labute approximate surface area is 148 Å². The fraction of sp³-hybridized carbons (Fsp3) is 0.133. The highest BCUT2D eigenvalue weighted by Crippen LogP contribution is 2.31. The zero-order chi connectivity index (χ0) is 18.9. The molecular weight excluding hydrogens is 370 g/mol. The standard InChI is InChI=1S/C15H14ClN3O5S/c1-8-4-3-5-11(15(17)20)14(8)18-25(23,24)10-6-12(16)9(2)13(7-10)19(21)22/h3-7,18H,1-2H3,(H2,17,20). The third kappa shape index (κ3) is 3.72. The Kier molecular flexibility index (Phi) is 5.00. The van der Waals surface area contributed by atoms with Gasteiger partial charge >= 0.3 is 0 Å². The minimum atomic E-state index is -4.23. The molecule has 0 unspecified atom stereocenters. The number of rotatable bonds is 5. The van der Waals surface area contributed by atoms with Crippen LogP contribution in [0.15, 0.2) is 35.2 Å². The summed E-state index contributed by atoms with van der Waals surface area (Å²) in [6.07, 6.45) is 0. The number of nitro groups is 1. The van der Waals surface area contributed by atoms with E-state index in [1.807, 2.05) is 0 Å². The highest BCUT2D eigenvalue weighted by atomic mass is 35.5. The number of carbonyl (C=O) groups is 1. The molecule has 2 aromatic carbocycles. The number of nitro benzene ring substituents is 1. The number of nitrogens with two attached hydrogens (primary N) is 1. The van der Waals surface area contributed by atoms with Crippen molar-refractivity contribution in [2.24, 2.45) is 5.73 Å². The quantitative estimate of drug-likeness (QED) is 0.605. The Hall–Kier alpha value is -2.65. The van der Waals surface area contributed by atoms with E-state index in [9.17, 15) is 23.3 Å². The maximum atomic E-state index is 12.6. The van der Waals surface area contributed by atoms with Crippen molar-refractivity contribution < 1.29 is 18.1 Å². The molecule has 132 valence electrons. The minimum absolute atomic E-state index is 0.00866. The Balaban J connectivity index is 2.59. The summed E-state index contributed by atoms with van der Waals surface area (Å²) >= 11 is 5.91. The molecule has 0 spiro atoms. The van der Waals surface area contributed by atoms with Crippen molar-refractivity contribution in [2.45, 2.75) is 18.7 Å². The molecule has 10 heteroatoms. The molecule has 0 bridgehead atoms. The summed E-state index contributed by atoms with van der Waals surface area (Å²) in [7, 11) is -4.23. The Morgan fingerprint density at radius 1 is 1.28 bits per heavy atom. The van der Waals surface area contributed by atoms with Gasteiger partial charge in [-0.15, -0.1) is 0 Å². The normalized spacial score (nSPS) is 11.2. The largest absolute Gasteiger partial charge is 0.366 e. The lowest BCUT2D eigenvalue weighted by Gasteiger charge is -2.14. The number of aryl methyl sites for hydroxylation is 1. The molecule has 0 radical (unpaired) electrons. The van der Waals surface area contributed by atoms with Crippen molar-refractivity contribution in [3.05, 3.63) is 62.2 Å². The molecule has 0 saturated heterocycles. The molecule has 0 aliphatic rings. The summed E-state index contributed by atoms with van der Waals surface area (Å²) in [5.41, 5.74) is 5.45. The summed E-state index contributed by atoms with van der Waals surface area (Å²) in [5.74, 6) is -0.811. The van der Waals surface area contributed by atoms with Crippen LogP contribution in [-0.4, -0.2) is 19.2 Å². The van der Waals surface area contributed by atoms with Gasteiger partial charge in [-0.2, -0.15) is 0 Å². The Bertz CT molecular complexity index is 989. The number of sulfonamides is 1. The van der Waals surface area contributed by atoms with Gasteiger partial charge in [-0.05, 0) is 31.5 Å². The number of hydrogen-bond donors (Lipinski definition) is 2. The monoisotopic (exact) mass is 383 g/mol. The Morgan fingerprint density at radius 2 is 1.92 bits per heavy atom. The van der Waals surface area contributed by atoms with Crippen LogP contribution in [0.4, 0.5) is 11.4 Å². The molecule has 0 fully saturated rings. The number of amides is 1. The lowest BCUT2D eigenvalue weighted by atomic mass is 10.1.